The first-order valence-electron chi connectivity index (χ1n) is 9.65. The summed E-state index contributed by atoms with van der Waals surface area (Å²) in [6.45, 7) is 2.09. The number of ketones is 2. The van der Waals surface area contributed by atoms with Crippen LogP contribution in [-0.4, -0.2) is 34.3 Å². The molecule has 1 heterocycles. The summed E-state index contributed by atoms with van der Waals surface area (Å²) in [5, 5.41) is 8.34. The molecule has 1 aromatic heterocycles. The number of benzene rings is 1. The molecule has 2 aromatic rings. The van der Waals surface area contributed by atoms with Crippen molar-refractivity contribution < 1.29 is 19.1 Å². The smallest absolute Gasteiger partial charge is 0.310 e. The zero-order chi connectivity index (χ0) is 19.9. The van der Waals surface area contributed by atoms with E-state index in [2.05, 4.69) is 10.2 Å². The summed E-state index contributed by atoms with van der Waals surface area (Å²) >= 11 is 1.35. The van der Waals surface area contributed by atoms with Gasteiger partial charge in [0.2, 0.25) is 0 Å². The maximum atomic E-state index is 13.1. The molecule has 1 aliphatic rings. The number of carbonyl (C=O) groups is 3. The van der Waals surface area contributed by atoms with Crippen LogP contribution in [0.4, 0.5) is 0 Å². The minimum atomic E-state index is -0.318. The Labute approximate surface area is 168 Å². The Kier molecular flexibility index (Phi) is 7.03. The van der Waals surface area contributed by atoms with Crippen LogP contribution < -0.4 is 0 Å². The molecule has 0 aliphatic heterocycles. The molecule has 1 aliphatic carbocycles. The highest BCUT2D eigenvalue weighted by Gasteiger charge is 2.26. The van der Waals surface area contributed by atoms with Gasteiger partial charge >= 0.3 is 5.97 Å². The van der Waals surface area contributed by atoms with E-state index in [1.807, 2.05) is 0 Å². The molecule has 3 rings (SSSR count). The van der Waals surface area contributed by atoms with Crippen LogP contribution in [0.2, 0.25) is 0 Å². The van der Waals surface area contributed by atoms with Crippen molar-refractivity contribution in [2.45, 2.75) is 51.9 Å². The molecule has 0 amide bonds. The van der Waals surface area contributed by atoms with Gasteiger partial charge in [-0.2, -0.15) is 0 Å². The second-order valence-corrected chi connectivity index (χ2v) is 7.96. The van der Waals surface area contributed by atoms with Crippen molar-refractivity contribution in [2.24, 2.45) is 5.92 Å². The summed E-state index contributed by atoms with van der Waals surface area (Å²) in [7, 11) is 0. The molecule has 1 fully saturated rings. The maximum Gasteiger partial charge on any atom is 0.310 e. The molecule has 0 bridgehead atoms. The highest BCUT2D eigenvalue weighted by molar-refractivity contribution is 7.09. The molecule has 0 N–H and O–H groups in total. The van der Waals surface area contributed by atoms with Crippen molar-refractivity contribution in [1.29, 1.82) is 0 Å². The number of nitrogens with zero attached hydrogens (tertiary/aromatic N) is 2. The summed E-state index contributed by atoms with van der Waals surface area (Å²) in [5.74, 6) is -0.228. The number of Topliss-reactive ketones (excluding diaryl/α,β-unsaturated/α-hetero) is 2. The normalized spacial score (nSPS) is 14.2. The van der Waals surface area contributed by atoms with Crippen molar-refractivity contribution in [3.63, 3.8) is 0 Å². The fraction of sp³-hybridized carbons (Fsp3) is 0.476. The van der Waals surface area contributed by atoms with Gasteiger partial charge in [0.05, 0.1) is 19.4 Å². The first-order chi connectivity index (χ1) is 13.6. The van der Waals surface area contributed by atoms with Crippen molar-refractivity contribution in [1.82, 2.24) is 10.2 Å². The number of esters is 1. The Balaban J connectivity index is 1.81. The molecular formula is C21H24N2O4S. The highest BCUT2D eigenvalue weighted by Crippen LogP contribution is 2.30. The lowest BCUT2D eigenvalue weighted by molar-refractivity contribution is -0.142. The van der Waals surface area contributed by atoms with E-state index in [-0.39, 0.29) is 42.7 Å². The zero-order valence-electron chi connectivity index (χ0n) is 16.0. The Morgan fingerprint density at radius 1 is 1.14 bits per heavy atom. The number of hydrogen-bond acceptors (Lipinski definition) is 7. The Hall–Kier alpha value is -2.41. The fourth-order valence-electron chi connectivity index (χ4n) is 3.62. The number of aromatic nitrogens is 2. The monoisotopic (exact) mass is 400 g/mol. The lowest BCUT2D eigenvalue weighted by Gasteiger charge is -2.14. The van der Waals surface area contributed by atoms with Crippen LogP contribution in [0, 0.1) is 5.92 Å². The van der Waals surface area contributed by atoms with E-state index in [1.54, 1.807) is 30.6 Å². The van der Waals surface area contributed by atoms with Gasteiger partial charge in [0.15, 0.2) is 5.78 Å². The first-order valence-corrected chi connectivity index (χ1v) is 10.5. The predicted octanol–water partition coefficient (Wildman–Crippen LogP) is 3.37. The standard InChI is InChI=1S/C21H24N2O4S/c1-2-27-20(25)10-14-7-8-16(11-17(24)12-19-23-22-13-28-19)18(9-14)21(26)15-5-3-4-6-15/h7-9,13,15H,2-6,10-12H2,1H3. The quantitative estimate of drug-likeness (QED) is 0.474. The lowest BCUT2D eigenvalue weighted by Crippen LogP contribution is -2.17. The fourth-order valence-corrected chi connectivity index (χ4v) is 4.17. The molecule has 0 unspecified atom stereocenters. The predicted molar refractivity (Wildman–Crippen MR) is 105 cm³/mol. The molecule has 1 aromatic carbocycles. The average molecular weight is 401 g/mol. The van der Waals surface area contributed by atoms with E-state index in [0.717, 1.165) is 36.8 Å². The number of ether oxygens (including phenoxy) is 1. The third-order valence-electron chi connectivity index (χ3n) is 4.96. The highest BCUT2D eigenvalue weighted by atomic mass is 32.1. The average Bonchev–Trinajstić information content (AvgIpc) is 3.36. The molecule has 0 spiro atoms. The largest absolute Gasteiger partial charge is 0.466 e. The summed E-state index contributed by atoms with van der Waals surface area (Å²) in [6, 6.07) is 5.37. The van der Waals surface area contributed by atoms with Gasteiger partial charge < -0.3 is 4.74 Å². The van der Waals surface area contributed by atoms with E-state index < -0.39 is 0 Å². The van der Waals surface area contributed by atoms with Gasteiger partial charge in [-0.25, -0.2) is 0 Å². The molecule has 28 heavy (non-hydrogen) atoms. The van der Waals surface area contributed by atoms with E-state index in [0.29, 0.717) is 17.2 Å². The van der Waals surface area contributed by atoms with Crippen molar-refractivity contribution in [2.75, 3.05) is 6.61 Å². The van der Waals surface area contributed by atoms with Gasteiger partial charge in [-0.3, -0.25) is 14.4 Å². The van der Waals surface area contributed by atoms with E-state index in [4.69, 9.17) is 4.74 Å². The maximum absolute atomic E-state index is 13.1. The zero-order valence-corrected chi connectivity index (χ0v) is 16.8. The molecular weight excluding hydrogens is 376 g/mol. The molecule has 148 valence electrons. The number of hydrogen-bond donors (Lipinski definition) is 0. The third-order valence-corrected chi connectivity index (χ3v) is 5.66. The topological polar surface area (TPSA) is 86.2 Å². The summed E-state index contributed by atoms with van der Waals surface area (Å²) < 4.78 is 5.01. The summed E-state index contributed by atoms with van der Waals surface area (Å²) in [4.78, 5) is 37.4. The lowest BCUT2D eigenvalue weighted by atomic mass is 9.89. The van der Waals surface area contributed by atoms with Gasteiger partial charge in [0.25, 0.3) is 0 Å². The molecule has 7 heteroatoms. The van der Waals surface area contributed by atoms with Crippen LogP contribution >= 0.6 is 11.3 Å². The van der Waals surface area contributed by atoms with Crippen molar-refractivity contribution in [3.8, 4) is 0 Å². The van der Waals surface area contributed by atoms with E-state index in [1.165, 1.54) is 11.3 Å². The molecule has 0 atom stereocenters. The Morgan fingerprint density at radius 2 is 1.93 bits per heavy atom. The van der Waals surface area contributed by atoms with Gasteiger partial charge in [-0.05, 0) is 37.0 Å². The van der Waals surface area contributed by atoms with Crippen LogP contribution in [0.1, 0.15) is 59.1 Å². The summed E-state index contributed by atoms with van der Waals surface area (Å²) in [5.41, 5.74) is 3.63. The molecule has 1 saturated carbocycles. The van der Waals surface area contributed by atoms with Gasteiger partial charge in [-0.15, -0.1) is 21.5 Å². The Morgan fingerprint density at radius 3 is 2.61 bits per heavy atom. The van der Waals surface area contributed by atoms with Crippen LogP contribution in [0.3, 0.4) is 0 Å². The van der Waals surface area contributed by atoms with Gasteiger partial charge in [0, 0.05) is 17.9 Å². The minimum absolute atomic E-state index is 0.00429. The van der Waals surface area contributed by atoms with Gasteiger partial charge in [0.1, 0.15) is 16.3 Å². The molecule has 0 radical (unpaired) electrons. The molecule has 6 nitrogen and oxygen atoms in total. The van der Waals surface area contributed by atoms with Crippen LogP contribution in [-0.2, 0) is 33.6 Å². The minimum Gasteiger partial charge on any atom is -0.466 e. The first kappa shape index (κ1) is 20.3. The molecule has 0 saturated heterocycles. The van der Waals surface area contributed by atoms with E-state index in [9.17, 15) is 14.4 Å². The van der Waals surface area contributed by atoms with Crippen molar-refractivity contribution >= 4 is 28.9 Å². The summed E-state index contributed by atoms with van der Waals surface area (Å²) in [6.07, 6.45) is 4.41. The SMILES string of the molecule is CCOC(=O)Cc1ccc(CC(=O)Cc2nncs2)c(C(=O)C2CCCC2)c1. The Bertz CT molecular complexity index is 842. The second-order valence-electron chi connectivity index (χ2n) is 7.04. The second kappa shape index (κ2) is 9.68. The van der Waals surface area contributed by atoms with Crippen LogP contribution in [0.25, 0.3) is 0 Å². The van der Waals surface area contributed by atoms with E-state index >= 15 is 0 Å². The number of rotatable bonds is 9. The van der Waals surface area contributed by atoms with Crippen molar-refractivity contribution in [3.05, 3.63) is 45.4 Å². The third kappa shape index (κ3) is 5.32. The van der Waals surface area contributed by atoms with Crippen LogP contribution in [0.5, 0.6) is 0 Å². The number of carbonyl (C=O) groups excluding carboxylic acids is 3. The van der Waals surface area contributed by atoms with Crippen LogP contribution in [0.15, 0.2) is 23.7 Å². The van der Waals surface area contributed by atoms with Gasteiger partial charge in [-0.1, -0.05) is 25.0 Å².